The molecule has 1 unspecified atom stereocenters. The van der Waals surface area contributed by atoms with E-state index in [4.69, 9.17) is 4.74 Å². The predicted octanol–water partition coefficient (Wildman–Crippen LogP) is 1.65. The van der Waals surface area contributed by atoms with Gasteiger partial charge in [0, 0.05) is 0 Å². The van der Waals surface area contributed by atoms with Crippen molar-refractivity contribution in [3.05, 3.63) is 12.3 Å². The molecule has 1 rings (SSSR count). The number of hydrogen-bond donors (Lipinski definition) is 0. The molecule has 1 atom stereocenters. The van der Waals surface area contributed by atoms with Crippen LogP contribution in [0.25, 0.3) is 0 Å². The van der Waals surface area contributed by atoms with E-state index in [-0.39, 0.29) is 0 Å². The van der Waals surface area contributed by atoms with Gasteiger partial charge in [-0.15, -0.1) is 0 Å². The summed E-state index contributed by atoms with van der Waals surface area (Å²) in [6.45, 7) is 3.44. The quantitative estimate of drug-likeness (QED) is 0.467. The average Bonchev–Trinajstić information content (AvgIpc) is 1.86. The van der Waals surface area contributed by atoms with E-state index in [1.54, 1.807) is 13.8 Å². The minimum absolute atomic E-state index is 0.625. The second kappa shape index (κ2) is 1.47. The van der Waals surface area contributed by atoms with Gasteiger partial charge in [-0.05, 0) is 19.9 Å². The molecule has 46 valence electrons. The van der Waals surface area contributed by atoms with Crippen molar-refractivity contribution in [1.82, 2.24) is 0 Å². The zero-order valence-electron chi connectivity index (χ0n) is 5.02. The lowest BCUT2D eigenvalue weighted by Crippen LogP contribution is -2.28. The summed E-state index contributed by atoms with van der Waals surface area (Å²) >= 11 is 0. The molecule has 0 fully saturated rings. The monoisotopic (exact) mass is 116 g/mol. The maximum atomic E-state index is 12.5. The first-order valence-corrected chi connectivity index (χ1v) is 2.61. The van der Waals surface area contributed by atoms with E-state index in [0.29, 0.717) is 0 Å². The van der Waals surface area contributed by atoms with E-state index in [1.165, 1.54) is 12.3 Å². The van der Waals surface area contributed by atoms with Crippen LogP contribution < -0.4 is 0 Å². The van der Waals surface area contributed by atoms with E-state index in [2.05, 4.69) is 0 Å². The van der Waals surface area contributed by atoms with Crippen molar-refractivity contribution in [2.24, 2.45) is 0 Å². The van der Waals surface area contributed by atoms with Crippen LogP contribution >= 0.6 is 0 Å². The molecule has 1 aliphatic rings. The molecule has 0 radical (unpaired) electrons. The van der Waals surface area contributed by atoms with Gasteiger partial charge in [0.05, 0.1) is 6.26 Å². The molecule has 0 amide bonds. The Hall–Kier alpha value is -0.530. The van der Waals surface area contributed by atoms with Crippen molar-refractivity contribution in [2.75, 3.05) is 0 Å². The fourth-order valence-electron chi connectivity index (χ4n) is 0.580. The summed E-state index contributed by atoms with van der Waals surface area (Å²) in [7, 11) is 0. The zero-order chi connectivity index (χ0) is 6.20. The molecule has 0 aromatic rings. The Morgan fingerprint density at radius 3 is 2.38 bits per heavy atom. The zero-order valence-corrected chi connectivity index (χ0v) is 5.02. The fourth-order valence-corrected chi connectivity index (χ4v) is 0.580. The van der Waals surface area contributed by atoms with E-state index in [1.807, 2.05) is 0 Å². The van der Waals surface area contributed by atoms with Crippen LogP contribution in [0.5, 0.6) is 0 Å². The summed E-state index contributed by atoms with van der Waals surface area (Å²) in [5.74, 6) is 0. The highest BCUT2D eigenvalue weighted by Gasteiger charge is 2.32. The first-order chi connectivity index (χ1) is 3.63. The first-order valence-electron chi connectivity index (χ1n) is 2.61. The van der Waals surface area contributed by atoms with E-state index in [0.717, 1.165) is 0 Å². The van der Waals surface area contributed by atoms with Crippen molar-refractivity contribution in [1.29, 1.82) is 0 Å². The molecule has 0 spiro atoms. The lowest BCUT2D eigenvalue weighted by molar-refractivity contribution is 0.0292. The highest BCUT2D eigenvalue weighted by Crippen LogP contribution is 2.24. The third-order valence-electron chi connectivity index (χ3n) is 1.28. The van der Waals surface area contributed by atoms with Crippen molar-refractivity contribution in [3.63, 3.8) is 0 Å². The summed E-state index contributed by atoms with van der Waals surface area (Å²) < 4.78 is 17.4. The minimum Gasteiger partial charge on any atom is -0.492 e. The molecule has 0 N–H and O–H groups in total. The molecule has 1 heterocycles. The van der Waals surface area contributed by atoms with Crippen molar-refractivity contribution in [2.45, 2.75) is 25.6 Å². The van der Waals surface area contributed by atoms with Gasteiger partial charge >= 0.3 is 0 Å². The van der Waals surface area contributed by atoms with Crippen LogP contribution in [0.4, 0.5) is 4.39 Å². The fraction of sp³-hybridized carbons (Fsp3) is 0.667. The smallest absolute Gasteiger partial charge is 0.160 e. The van der Waals surface area contributed by atoms with Crippen molar-refractivity contribution >= 4 is 0 Å². The van der Waals surface area contributed by atoms with Crippen LogP contribution in [0.1, 0.15) is 13.8 Å². The SMILES string of the molecule is CC1(C)OC=CC1F. The number of ether oxygens (including phenoxy) is 1. The van der Waals surface area contributed by atoms with Gasteiger partial charge in [0.2, 0.25) is 0 Å². The molecule has 0 saturated carbocycles. The number of hydrogen-bond acceptors (Lipinski definition) is 1. The summed E-state index contributed by atoms with van der Waals surface area (Å²) in [5, 5.41) is 0. The lowest BCUT2D eigenvalue weighted by atomic mass is 10.1. The molecule has 2 heteroatoms. The van der Waals surface area contributed by atoms with Crippen LogP contribution in [0.15, 0.2) is 12.3 Å². The molecule has 8 heavy (non-hydrogen) atoms. The van der Waals surface area contributed by atoms with Crippen LogP contribution in [-0.4, -0.2) is 11.8 Å². The van der Waals surface area contributed by atoms with Crippen LogP contribution in [-0.2, 0) is 4.74 Å². The van der Waals surface area contributed by atoms with Gasteiger partial charge in [-0.25, -0.2) is 4.39 Å². The first kappa shape index (κ1) is 5.60. The van der Waals surface area contributed by atoms with Crippen LogP contribution in [0.3, 0.4) is 0 Å². The van der Waals surface area contributed by atoms with Gasteiger partial charge in [0.25, 0.3) is 0 Å². The Labute approximate surface area is 48.1 Å². The van der Waals surface area contributed by atoms with Gasteiger partial charge in [-0.2, -0.15) is 0 Å². The second-order valence-electron chi connectivity index (χ2n) is 2.45. The molecule has 0 bridgehead atoms. The van der Waals surface area contributed by atoms with Crippen molar-refractivity contribution < 1.29 is 9.13 Å². The Morgan fingerprint density at radius 2 is 2.25 bits per heavy atom. The Kier molecular flexibility index (Phi) is 1.03. The topological polar surface area (TPSA) is 9.23 Å². The normalized spacial score (nSPS) is 32.6. The van der Waals surface area contributed by atoms with Crippen LogP contribution in [0.2, 0.25) is 0 Å². The maximum absolute atomic E-state index is 12.5. The highest BCUT2D eigenvalue weighted by atomic mass is 19.1. The van der Waals surface area contributed by atoms with E-state index >= 15 is 0 Å². The molecule has 0 aliphatic carbocycles. The van der Waals surface area contributed by atoms with Gasteiger partial charge < -0.3 is 4.74 Å². The van der Waals surface area contributed by atoms with Crippen LogP contribution in [0, 0.1) is 0 Å². The molecule has 0 aromatic carbocycles. The molecule has 1 aliphatic heterocycles. The highest BCUT2D eigenvalue weighted by molar-refractivity contribution is 5.01. The van der Waals surface area contributed by atoms with Gasteiger partial charge in [-0.3, -0.25) is 0 Å². The largest absolute Gasteiger partial charge is 0.492 e. The molecular formula is C6H9FO. The minimum atomic E-state index is -0.942. The van der Waals surface area contributed by atoms with E-state index < -0.39 is 11.8 Å². The van der Waals surface area contributed by atoms with Crippen molar-refractivity contribution in [3.8, 4) is 0 Å². The van der Waals surface area contributed by atoms with Gasteiger partial charge in [-0.1, -0.05) is 0 Å². The maximum Gasteiger partial charge on any atom is 0.160 e. The Bertz CT molecular complexity index is 118. The van der Waals surface area contributed by atoms with Gasteiger partial charge in [0.15, 0.2) is 6.17 Å². The summed E-state index contributed by atoms with van der Waals surface area (Å²) in [5.41, 5.74) is -0.625. The summed E-state index contributed by atoms with van der Waals surface area (Å²) in [6, 6.07) is 0. The standard InChI is InChI=1S/C6H9FO/c1-6(2)5(7)3-4-8-6/h3-5H,1-2H3. The summed E-state index contributed by atoms with van der Waals surface area (Å²) in [6.07, 6.45) is 1.88. The van der Waals surface area contributed by atoms with E-state index in [9.17, 15) is 4.39 Å². The molecular weight excluding hydrogens is 107 g/mol. The molecule has 1 nitrogen and oxygen atoms in total. The number of alkyl halides is 1. The number of halogens is 1. The predicted molar refractivity (Wildman–Crippen MR) is 29.2 cm³/mol. The molecule has 0 saturated heterocycles. The van der Waals surface area contributed by atoms with Gasteiger partial charge in [0.1, 0.15) is 5.60 Å². The lowest BCUT2D eigenvalue weighted by Gasteiger charge is -2.19. The second-order valence-corrected chi connectivity index (χ2v) is 2.45. The number of rotatable bonds is 0. The Balaban J connectivity index is 2.64. The average molecular weight is 116 g/mol. The summed E-state index contributed by atoms with van der Waals surface area (Å²) in [4.78, 5) is 0. The Morgan fingerprint density at radius 1 is 1.62 bits per heavy atom. The molecule has 0 aromatic heterocycles. The third kappa shape index (κ3) is 0.703. The third-order valence-corrected chi connectivity index (χ3v) is 1.28.